The molecule has 1 amide bonds. The molecule has 0 aromatic carbocycles. The minimum atomic E-state index is -0.495. The number of pyridine rings is 1. The SMILES string of the molecule is O=C1CC(O)CCN1C1CC(c2ccncc2)=NN1. The third kappa shape index (κ3) is 2.44. The van der Waals surface area contributed by atoms with Crippen molar-refractivity contribution in [1.29, 1.82) is 0 Å². The average Bonchev–Trinajstić information content (AvgIpc) is 2.89. The summed E-state index contributed by atoms with van der Waals surface area (Å²) in [4.78, 5) is 17.6. The van der Waals surface area contributed by atoms with Gasteiger partial charge in [-0.2, -0.15) is 5.10 Å². The summed E-state index contributed by atoms with van der Waals surface area (Å²) < 4.78 is 0. The van der Waals surface area contributed by atoms with Crippen molar-refractivity contribution in [3.05, 3.63) is 30.1 Å². The Bertz CT molecular complexity index is 503. The highest BCUT2D eigenvalue weighted by atomic mass is 16.3. The number of carbonyl (C=O) groups is 1. The quantitative estimate of drug-likeness (QED) is 0.790. The number of hydrogen-bond donors (Lipinski definition) is 2. The zero-order chi connectivity index (χ0) is 13.2. The van der Waals surface area contributed by atoms with Crippen LogP contribution in [0.5, 0.6) is 0 Å². The molecule has 0 aliphatic carbocycles. The van der Waals surface area contributed by atoms with E-state index in [1.807, 2.05) is 12.1 Å². The molecular weight excluding hydrogens is 244 g/mol. The minimum absolute atomic E-state index is 0.0116. The van der Waals surface area contributed by atoms with Crippen molar-refractivity contribution in [2.45, 2.75) is 31.5 Å². The molecule has 0 spiro atoms. The molecule has 100 valence electrons. The number of rotatable bonds is 2. The van der Waals surface area contributed by atoms with E-state index in [9.17, 15) is 9.90 Å². The third-order valence-electron chi connectivity index (χ3n) is 3.56. The highest BCUT2D eigenvalue weighted by Gasteiger charge is 2.32. The Morgan fingerprint density at radius 3 is 2.84 bits per heavy atom. The first-order chi connectivity index (χ1) is 9.24. The van der Waals surface area contributed by atoms with Gasteiger partial charge in [0.25, 0.3) is 0 Å². The lowest BCUT2D eigenvalue weighted by molar-refractivity contribution is -0.140. The van der Waals surface area contributed by atoms with Crippen LogP contribution in [0.3, 0.4) is 0 Å². The third-order valence-corrected chi connectivity index (χ3v) is 3.56. The van der Waals surface area contributed by atoms with E-state index in [0.29, 0.717) is 19.4 Å². The van der Waals surface area contributed by atoms with Crippen LogP contribution in [0.25, 0.3) is 0 Å². The molecule has 6 nitrogen and oxygen atoms in total. The molecule has 2 N–H and O–H groups in total. The molecule has 1 aromatic heterocycles. The van der Waals surface area contributed by atoms with Gasteiger partial charge in [0.2, 0.25) is 5.91 Å². The van der Waals surface area contributed by atoms with E-state index in [-0.39, 0.29) is 18.5 Å². The van der Waals surface area contributed by atoms with Crippen LogP contribution in [0, 0.1) is 0 Å². The van der Waals surface area contributed by atoms with Crippen LogP contribution in [0.15, 0.2) is 29.6 Å². The molecule has 1 fully saturated rings. The number of nitrogens with zero attached hydrogens (tertiary/aromatic N) is 3. The summed E-state index contributed by atoms with van der Waals surface area (Å²) in [5.74, 6) is -0.0116. The van der Waals surface area contributed by atoms with Crippen LogP contribution in [-0.2, 0) is 4.79 Å². The second-order valence-electron chi connectivity index (χ2n) is 4.88. The van der Waals surface area contributed by atoms with Crippen LogP contribution in [-0.4, -0.2) is 45.4 Å². The lowest BCUT2D eigenvalue weighted by Crippen LogP contribution is -2.50. The zero-order valence-electron chi connectivity index (χ0n) is 10.5. The van der Waals surface area contributed by atoms with Crippen molar-refractivity contribution in [2.75, 3.05) is 6.54 Å². The molecule has 3 heterocycles. The number of nitrogens with one attached hydrogen (secondary N) is 1. The average molecular weight is 260 g/mol. The van der Waals surface area contributed by atoms with Gasteiger partial charge in [-0.15, -0.1) is 0 Å². The van der Waals surface area contributed by atoms with E-state index in [4.69, 9.17) is 0 Å². The highest BCUT2D eigenvalue weighted by molar-refractivity contribution is 6.01. The summed E-state index contributed by atoms with van der Waals surface area (Å²) in [5, 5.41) is 13.8. The van der Waals surface area contributed by atoms with E-state index in [1.165, 1.54) is 0 Å². The predicted molar refractivity (Wildman–Crippen MR) is 69.3 cm³/mol. The first kappa shape index (κ1) is 12.1. The molecular formula is C13H16N4O2. The Morgan fingerprint density at radius 1 is 1.32 bits per heavy atom. The number of aliphatic hydroxyl groups is 1. The van der Waals surface area contributed by atoms with Crippen LogP contribution in [0.1, 0.15) is 24.8 Å². The second kappa shape index (κ2) is 4.97. The molecule has 0 radical (unpaired) electrons. The monoisotopic (exact) mass is 260 g/mol. The molecule has 19 heavy (non-hydrogen) atoms. The Kier molecular flexibility index (Phi) is 3.16. The summed E-state index contributed by atoms with van der Waals surface area (Å²) >= 11 is 0. The standard InChI is InChI=1S/C13H16N4O2/c18-10-3-6-17(13(19)7-10)12-8-11(15-16-12)9-1-4-14-5-2-9/h1-2,4-5,10,12,16,18H,3,6-8H2. The maximum atomic E-state index is 11.9. The number of piperidine rings is 1. The van der Waals surface area contributed by atoms with Gasteiger partial charge < -0.3 is 10.0 Å². The van der Waals surface area contributed by atoms with Gasteiger partial charge >= 0.3 is 0 Å². The zero-order valence-corrected chi connectivity index (χ0v) is 10.5. The maximum Gasteiger partial charge on any atom is 0.226 e. The lowest BCUT2D eigenvalue weighted by atomic mass is 10.0. The molecule has 3 rings (SSSR count). The fourth-order valence-corrected chi connectivity index (χ4v) is 2.50. The molecule has 2 aliphatic heterocycles. The summed E-state index contributed by atoms with van der Waals surface area (Å²) in [6.45, 7) is 0.580. The van der Waals surface area contributed by atoms with Gasteiger partial charge in [0.15, 0.2) is 0 Å². The number of likely N-dealkylation sites (tertiary alicyclic amines) is 1. The number of aromatic nitrogens is 1. The fraction of sp³-hybridized carbons (Fsp3) is 0.462. The number of hydrazone groups is 1. The number of carbonyl (C=O) groups excluding carboxylic acids is 1. The Hall–Kier alpha value is -1.95. The molecule has 6 heteroatoms. The van der Waals surface area contributed by atoms with Gasteiger partial charge in [-0.05, 0) is 18.6 Å². The molecule has 2 atom stereocenters. The molecule has 2 aliphatic rings. The maximum absolute atomic E-state index is 11.9. The minimum Gasteiger partial charge on any atom is -0.393 e. The fourth-order valence-electron chi connectivity index (χ4n) is 2.50. The predicted octanol–water partition coefficient (Wildman–Crippen LogP) is 0.0884. The van der Waals surface area contributed by atoms with Crippen LogP contribution >= 0.6 is 0 Å². The van der Waals surface area contributed by atoms with Crippen molar-refractivity contribution in [3.63, 3.8) is 0 Å². The van der Waals surface area contributed by atoms with Crippen LogP contribution in [0.2, 0.25) is 0 Å². The van der Waals surface area contributed by atoms with Gasteiger partial charge in [0, 0.05) is 30.9 Å². The molecule has 2 unspecified atom stereocenters. The topological polar surface area (TPSA) is 77.8 Å². The largest absolute Gasteiger partial charge is 0.393 e. The Labute approximate surface area is 111 Å². The van der Waals surface area contributed by atoms with Crippen molar-refractivity contribution in [1.82, 2.24) is 15.3 Å². The van der Waals surface area contributed by atoms with Gasteiger partial charge in [0.05, 0.1) is 18.2 Å². The molecule has 0 bridgehead atoms. The summed E-state index contributed by atoms with van der Waals surface area (Å²) in [7, 11) is 0. The first-order valence-corrected chi connectivity index (χ1v) is 6.44. The van der Waals surface area contributed by atoms with Crippen LogP contribution < -0.4 is 5.43 Å². The van der Waals surface area contributed by atoms with E-state index in [0.717, 1.165) is 11.3 Å². The normalized spacial score (nSPS) is 27.1. The van der Waals surface area contributed by atoms with E-state index >= 15 is 0 Å². The van der Waals surface area contributed by atoms with Gasteiger partial charge in [-0.25, -0.2) is 0 Å². The summed E-state index contributed by atoms with van der Waals surface area (Å²) in [6, 6.07) is 3.81. The molecule has 1 saturated heterocycles. The van der Waals surface area contributed by atoms with E-state index in [1.54, 1.807) is 17.3 Å². The molecule has 1 aromatic rings. The summed E-state index contributed by atoms with van der Waals surface area (Å²) in [5.41, 5.74) is 4.97. The number of amides is 1. The molecule has 0 saturated carbocycles. The van der Waals surface area contributed by atoms with Crippen molar-refractivity contribution in [3.8, 4) is 0 Å². The van der Waals surface area contributed by atoms with Crippen LogP contribution in [0.4, 0.5) is 0 Å². The van der Waals surface area contributed by atoms with Crippen molar-refractivity contribution in [2.24, 2.45) is 5.10 Å². The van der Waals surface area contributed by atoms with E-state index < -0.39 is 6.10 Å². The number of aliphatic hydroxyl groups excluding tert-OH is 1. The second-order valence-corrected chi connectivity index (χ2v) is 4.88. The van der Waals surface area contributed by atoms with Gasteiger partial charge in [0.1, 0.15) is 6.17 Å². The highest BCUT2D eigenvalue weighted by Crippen LogP contribution is 2.19. The Balaban J connectivity index is 1.67. The van der Waals surface area contributed by atoms with E-state index in [2.05, 4.69) is 15.5 Å². The first-order valence-electron chi connectivity index (χ1n) is 6.44. The van der Waals surface area contributed by atoms with Gasteiger partial charge in [-0.1, -0.05) is 0 Å². The number of hydrogen-bond acceptors (Lipinski definition) is 5. The van der Waals surface area contributed by atoms with Gasteiger partial charge in [-0.3, -0.25) is 15.2 Å². The lowest BCUT2D eigenvalue weighted by Gasteiger charge is -2.33. The smallest absolute Gasteiger partial charge is 0.226 e. The van der Waals surface area contributed by atoms with Crippen molar-refractivity contribution < 1.29 is 9.90 Å². The Morgan fingerprint density at radius 2 is 2.11 bits per heavy atom. The summed E-state index contributed by atoms with van der Waals surface area (Å²) in [6.07, 6.45) is 4.40. The van der Waals surface area contributed by atoms with Crippen molar-refractivity contribution >= 4 is 11.6 Å².